The zero-order valence-corrected chi connectivity index (χ0v) is 8.35. The van der Waals surface area contributed by atoms with E-state index >= 15 is 0 Å². The number of hydrogen-bond acceptors (Lipinski definition) is 2. The molecule has 0 aromatic rings. The SMILES string of the molecule is O=C(O)N[C@H]1CC[C@H](CC=S)CC1. The third kappa shape index (κ3) is 3.72. The number of amides is 1. The number of carbonyl (C=O) groups is 1. The summed E-state index contributed by atoms with van der Waals surface area (Å²) in [6.07, 6.45) is 4.20. The first kappa shape index (κ1) is 10.4. The minimum Gasteiger partial charge on any atom is -0.465 e. The fourth-order valence-corrected chi connectivity index (χ4v) is 2.13. The Morgan fingerprint density at radius 3 is 2.54 bits per heavy atom. The maximum Gasteiger partial charge on any atom is 0.404 e. The number of thiocarbonyl (C=S) groups is 1. The highest BCUT2D eigenvalue weighted by molar-refractivity contribution is 7.78. The first-order valence-electron chi connectivity index (χ1n) is 4.65. The summed E-state index contributed by atoms with van der Waals surface area (Å²) < 4.78 is 0. The van der Waals surface area contributed by atoms with Crippen LogP contribution in [0.1, 0.15) is 32.1 Å². The van der Waals surface area contributed by atoms with E-state index < -0.39 is 6.09 Å². The van der Waals surface area contributed by atoms with Crippen LogP contribution in [0, 0.1) is 5.92 Å². The molecule has 1 rings (SSSR count). The molecule has 0 aromatic heterocycles. The predicted octanol–water partition coefficient (Wildman–Crippen LogP) is 2.20. The van der Waals surface area contributed by atoms with Gasteiger partial charge in [0.1, 0.15) is 0 Å². The van der Waals surface area contributed by atoms with Gasteiger partial charge in [0.15, 0.2) is 0 Å². The monoisotopic (exact) mass is 201 g/mol. The van der Waals surface area contributed by atoms with Gasteiger partial charge in [-0.25, -0.2) is 4.79 Å². The van der Waals surface area contributed by atoms with Crippen molar-refractivity contribution in [1.29, 1.82) is 0 Å². The van der Waals surface area contributed by atoms with Gasteiger partial charge < -0.3 is 10.4 Å². The van der Waals surface area contributed by atoms with E-state index in [2.05, 4.69) is 5.32 Å². The van der Waals surface area contributed by atoms with Gasteiger partial charge in [-0.3, -0.25) is 0 Å². The molecule has 0 aromatic carbocycles. The number of hydrogen-bond donors (Lipinski definition) is 2. The van der Waals surface area contributed by atoms with Gasteiger partial charge in [0.25, 0.3) is 0 Å². The van der Waals surface area contributed by atoms with Crippen molar-refractivity contribution in [1.82, 2.24) is 5.32 Å². The minimum absolute atomic E-state index is 0.166. The van der Waals surface area contributed by atoms with Gasteiger partial charge in [-0.15, -0.1) is 0 Å². The van der Waals surface area contributed by atoms with Crippen LogP contribution < -0.4 is 5.32 Å². The molecule has 0 heterocycles. The molecular weight excluding hydrogens is 186 g/mol. The van der Waals surface area contributed by atoms with Crippen LogP contribution in [0.4, 0.5) is 4.79 Å². The maximum absolute atomic E-state index is 10.3. The average Bonchev–Trinajstić information content (AvgIpc) is 2.08. The summed E-state index contributed by atoms with van der Waals surface area (Å²) in [4.78, 5) is 10.3. The van der Waals surface area contributed by atoms with Crippen LogP contribution in [-0.2, 0) is 0 Å². The van der Waals surface area contributed by atoms with Crippen molar-refractivity contribution in [2.45, 2.75) is 38.1 Å². The van der Waals surface area contributed by atoms with E-state index in [0.717, 1.165) is 32.1 Å². The fraction of sp³-hybridized carbons (Fsp3) is 0.778. The summed E-state index contributed by atoms with van der Waals surface area (Å²) in [5.74, 6) is 0.685. The van der Waals surface area contributed by atoms with E-state index in [1.807, 2.05) is 0 Å². The Kier molecular flexibility index (Phi) is 4.15. The lowest BCUT2D eigenvalue weighted by Gasteiger charge is -2.27. The molecule has 0 aliphatic heterocycles. The molecule has 0 atom stereocenters. The normalized spacial score (nSPS) is 28.0. The van der Waals surface area contributed by atoms with Crippen molar-refractivity contribution in [3.63, 3.8) is 0 Å². The second-order valence-corrected chi connectivity index (χ2v) is 3.90. The fourth-order valence-electron chi connectivity index (χ4n) is 1.85. The number of nitrogens with one attached hydrogen (secondary N) is 1. The van der Waals surface area contributed by atoms with Crippen LogP contribution in [0.15, 0.2) is 0 Å². The van der Waals surface area contributed by atoms with Crippen molar-refractivity contribution >= 4 is 23.7 Å². The van der Waals surface area contributed by atoms with Gasteiger partial charge in [-0.05, 0) is 43.4 Å². The van der Waals surface area contributed by atoms with E-state index in [9.17, 15) is 4.79 Å². The van der Waals surface area contributed by atoms with Crippen molar-refractivity contribution in [3.8, 4) is 0 Å². The molecule has 13 heavy (non-hydrogen) atoms. The van der Waals surface area contributed by atoms with Crippen molar-refractivity contribution in [3.05, 3.63) is 0 Å². The number of carboxylic acid groups (broad SMARTS) is 1. The topological polar surface area (TPSA) is 49.3 Å². The van der Waals surface area contributed by atoms with E-state index in [4.69, 9.17) is 17.3 Å². The Labute approximate surface area is 83.5 Å². The molecular formula is C9H15NO2S. The second-order valence-electron chi connectivity index (χ2n) is 3.57. The Morgan fingerprint density at radius 2 is 2.08 bits per heavy atom. The van der Waals surface area contributed by atoms with Crippen LogP contribution >= 0.6 is 12.2 Å². The lowest BCUT2D eigenvalue weighted by atomic mass is 9.85. The summed E-state index contributed by atoms with van der Waals surface area (Å²) in [6.45, 7) is 0. The van der Waals surface area contributed by atoms with Gasteiger partial charge in [0.05, 0.1) is 0 Å². The van der Waals surface area contributed by atoms with Crippen molar-refractivity contribution < 1.29 is 9.90 Å². The molecule has 1 saturated carbocycles. The molecule has 2 N–H and O–H groups in total. The second kappa shape index (κ2) is 5.17. The van der Waals surface area contributed by atoms with Gasteiger partial charge in [-0.1, -0.05) is 12.2 Å². The zero-order valence-electron chi connectivity index (χ0n) is 7.53. The largest absolute Gasteiger partial charge is 0.465 e. The molecule has 1 fully saturated rings. The standard InChI is InChI=1S/C9H15NO2S/c11-9(12)10-8-3-1-7(2-4-8)5-6-13/h6-8,10H,1-5H2,(H,11,12)/t7-,8-. The molecule has 4 heteroatoms. The quantitative estimate of drug-likeness (QED) is 0.688. The lowest BCUT2D eigenvalue weighted by Crippen LogP contribution is -2.36. The van der Waals surface area contributed by atoms with Gasteiger partial charge in [-0.2, -0.15) is 0 Å². The molecule has 1 aliphatic carbocycles. The molecule has 0 spiro atoms. The third-order valence-electron chi connectivity index (χ3n) is 2.60. The molecule has 0 radical (unpaired) electrons. The van der Waals surface area contributed by atoms with Crippen molar-refractivity contribution in [2.24, 2.45) is 5.92 Å². The Hall–Kier alpha value is -0.640. The van der Waals surface area contributed by atoms with E-state index in [1.165, 1.54) is 0 Å². The van der Waals surface area contributed by atoms with Gasteiger partial charge >= 0.3 is 6.09 Å². The Morgan fingerprint density at radius 1 is 1.46 bits per heavy atom. The smallest absolute Gasteiger partial charge is 0.404 e. The van der Waals surface area contributed by atoms with Crippen LogP contribution in [0.25, 0.3) is 0 Å². The van der Waals surface area contributed by atoms with E-state index in [0.29, 0.717) is 5.92 Å². The highest BCUT2D eigenvalue weighted by Crippen LogP contribution is 2.26. The molecule has 0 bridgehead atoms. The summed E-state index contributed by atoms with van der Waals surface area (Å²) >= 11 is 4.80. The highest BCUT2D eigenvalue weighted by Gasteiger charge is 2.21. The summed E-state index contributed by atoms with van der Waals surface area (Å²) in [5, 5.41) is 12.8. The summed E-state index contributed by atoms with van der Waals surface area (Å²) in [6, 6.07) is 0.166. The Balaban J connectivity index is 2.22. The maximum atomic E-state index is 10.3. The van der Waals surface area contributed by atoms with Crippen LogP contribution in [-0.4, -0.2) is 22.6 Å². The molecule has 74 valence electrons. The van der Waals surface area contributed by atoms with E-state index in [1.54, 1.807) is 5.37 Å². The zero-order chi connectivity index (χ0) is 9.68. The average molecular weight is 201 g/mol. The molecule has 0 unspecified atom stereocenters. The predicted molar refractivity (Wildman–Crippen MR) is 55.2 cm³/mol. The first-order valence-corrected chi connectivity index (χ1v) is 5.12. The van der Waals surface area contributed by atoms with Crippen LogP contribution in [0.3, 0.4) is 0 Å². The highest BCUT2D eigenvalue weighted by atomic mass is 32.1. The Bertz CT molecular complexity index is 188. The first-order chi connectivity index (χ1) is 6.22. The summed E-state index contributed by atoms with van der Waals surface area (Å²) in [5.41, 5.74) is 0. The van der Waals surface area contributed by atoms with E-state index in [-0.39, 0.29) is 6.04 Å². The molecule has 0 saturated heterocycles. The van der Waals surface area contributed by atoms with Crippen LogP contribution in [0.2, 0.25) is 0 Å². The van der Waals surface area contributed by atoms with Gasteiger partial charge in [0.2, 0.25) is 0 Å². The van der Waals surface area contributed by atoms with Crippen LogP contribution in [0.5, 0.6) is 0 Å². The molecule has 1 amide bonds. The minimum atomic E-state index is -0.904. The van der Waals surface area contributed by atoms with Crippen molar-refractivity contribution in [2.75, 3.05) is 0 Å². The van der Waals surface area contributed by atoms with Gasteiger partial charge in [0, 0.05) is 6.04 Å². The third-order valence-corrected chi connectivity index (χ3v) is 2.80. The number of rotatable bonds is 3. The summed E-state index contributed by atoms with van der Waals surface area (Å²) in [7, 11) is 0. The molecule has 3 nitrogen and oxygen atoms in total. The molecule has 1 aliphatic rings. The lowest BCUT2D eigenvalue weighted by molar-refractivity contribution is 0.182.